The summed E-state index contributed by atoms with van der Waals surface area (Å²) >= 11 is 0. The molecule has 1 aliphatic heterocycles. The van der Waals surface area contributed by atoms with Crippen LogP contribution in [-0.2, 0) is 31.6 Å². The molecule has 4 aromatic rings. The summed E-state index contributed by atoms with van der Waals surface area (Å²) in [4.78, 5) is 30.4. The van der Waals surface area contributed by atoms with Crippen molar-refractivity contribution in [2.45, 2.75) is 88.2 Å². The molecule has 0 N–H and O–H groups in total. The second kappa shape index (κ2) is 15.5. The second-order valence-electron chi connectivity index (χ2n) is 15.5. The Labute approximate surface area is 318 Å². The van der Waals surface area contributed by atoms with E-state index in [0.29, 0.717) is 41.3 Å². The number of hydrogen-bond donors (Lipinski definition) is 0. The van der Waals surface area contributed by atoms with E-state index in [2.05, 4.69) is 4.90 Å². The van der Waals surface area contributed by atoms with Gasteiger partial charge in [-0.05, 0) is 109 Å². The fraction of sp³-hybridized carbons (Fsp3) is 0.500. The molecule has 1 saturated carbocycles. The van der Waals surface area contributed by atoms with Gasteiger partial charge in [0.25, 0.3) is 15.6 Å². The summed E-state index contributed by atoms with van der Waals surface area (Å²) in [7, 11) is -6.19. The topological polar surface area (TPSA) is 137 Å². The molecule has 2 fully saturated rings. The summed E-state index contributed by atoms with van der Waals surface area (Å²) in [6.45, 7) is 12.8. The van der Waals surface area contributed by atoms with Crippen LogP contribution in [0.25, 0.3) is 22.0 Å². The molecule has 2 aromatic heterocycles. The lowest BCUT2D eigenvalue weighted by Gasteiger charge is -2.35. The van der Waals surface area contributed by atoms with E-state index in [1.165, 1.54) is 22.9 Å². The van der Waals surface area contributed by atoms with Crippen LogP contribution in [0.15, 0.2) is 75.5 Å². The van der Waals surface area contributed by atoms with Crippen LogP contribution in [0.4, 0.5) is 4.79 Å². The fourth-order valence-corrected chi connectivity index (χ4v) is 9.19. The van der Waals surface area contributed by atoms with E-state index in [-0.39, 0.29) is 33.3 Å². The Bertz CT molecular complexity index is 2280. The zero-order valence-corrected chi connectivity index (χ0v) is 33.7. The number of rotatable bonds is 13. The molecule has 1 unspecified atom stereocenters. The van der Waals surface area contributed by atoms with Gasteiger partial charge in [0.15, 0.2) is 9.84 Å². The summed E-state index contributed by atoms with van der Waals surface area (Å²) in [6.07, 6.45) is 7.40. The first-order valence-corrected chi connectivity index (χ1v) is 21.8. The Balaban J connectivity index is 1.25. The van der Waals surface area contributed by atoms with Gasteiger partial charge in [-0.2, -0.15) is 0 Å². The number of unbranched alkanes of at least 4 members (excludes halogenated alkanes) is 1. The number of carbonyl (C=O) groups excluding carboxylic acids is 1. The van der Waals surface area contributed by atoms with Gasteiger partial charge in [-0.3, -0.25) is 9.69 Å². The van der Waals surface area contributed by atoms with Crippen molar-refractivity contribution in [3.8, 4) is 16.9 Å². The van der Waals surface area contributed by atoms with Crippen LogP contribution in [0, 0.1) is 12.8 Å². The minimum absolute atomic E-state index is 0.0315. The van der Waals surface area contributed by atoms with Crippen LogP contribution in [0.3, 0.4) is 0 Å². The molecule has 292 valence electrons. The first kappa shape index (κ1) is 39.6. The lowest BCUT2D eigenvalue weighted by atomic mass is 10.0. The molecule has 12 nitrogen and oxygen atoms in total. The van der Waals surface area contributed by atoms with Crippen molar-refractivity contribution in [3.63, 3.8) is 0 Å². The van der Waals surface area contributed by atoms with E-state index in [9.17, 15) is 26.4 Å². The highest BCUT2D eigenvalue weighted by Crippen LogP contribution is 2.42. The molecule has 6 rings (SSSR count). The van der Waals surface area contributed by atoms with E-state index in [1.807, 2.05) is 27.7 Å². The molecule has 0 radical (unpaired) electrons. The van der Waals surface area contributed by atoms with Crippen molar-refractivity contribution < 1.29 is 31.1 Å². The summed E-state index contributed by atoms with van der Waals surface area (Å²) in [5.41, 5.74) is 0.816. The number of piperazine rings is 1. The summed E-state index contributed by atoms with van der Waals surface area (Å²) < 4.78 is 68.6. The molecular formula is C40H52N4O8S2. The van der Waals surface area contributed by atoms with Crippen molar-refractivity contribution in [3.05, 3.63) is 76.8 Å². The van der Waals surface area contributed by atoms with Crippen molar-refractivity contribution in [2.24, 2.45) is 13.0 Å². The Kier molecular flexibility index (Phi) is 11.4. The number of hydrogen-bond acceptors (Lipinski definition) is 9. The van der Waals surface area contributed by atoms with Crippen molar-refractivity contribution in [1.82, 2.24) is 18.3 Å². The highest BCUT2D eigenvalue weighted by molar-refractivity contribution is 7.91. The van der Waals surface area contributed by atoms with Gasteiger partial charge < -0.3 is 18.9 Å². The number of aryl methyl sites for hydroxylation is 2. The number of aromatic nitrogens is 2. The molecule has 2 aromatic carbocycles. The molecule has 1 aliphatic carbocycles. The maximum Gasteiger partial charge on any atom is 0.410 e. The number of benzene rings is 2. The molecule has 0 spiro atoms. The van der Waals surface area contributed by atoms with Crippen LogP contribution >= 0.6 is 0 Å². The SMILES string of the molecule is CCS(=O)(=O)c1ccc(OC(CCCCN2CCN(C(=O)OC(C)(C)C)CC2)C2CC2)c(-c2cn(C)c(=O)c3c2ccn3S(=O)(=O)c2ccc(C)cc2)c1. The number of sulfone groups is 1. The lowest BCUT2D eigenvalue weighted by molar-refractivity contribution is 0.0143. The number of amides is 1. The third kappa shape index (κ3) is 8.71. The van der Waals surface area contributed by atoms with Crippen molar-refractivity contribution >= 4 is 36.9 Å². The minimum atomic E-state index is -4.13. The third-order valence-electron chi connectivity index (χ3n) is 10.2. The Morgan fingerprint density at radius 3 is 2.20 bits per heavy atom. The molecule has 0 bridgehead atoms. The first-order valence-electron chi connectivity index (χ1n) is 18.8. The van der Waals surface area contributed by atoms with Gasteiger partial charge in [-0.25, -0.2) is 25.6 Å². The van der Waals surface area contributed by atoms with Crippen LogP contribution < -0.4 is 10.3 Å². The molecule has 1 amide bonds. The van der Waals surface area contributed by atoms with Gasteiger partial charge >= 0.3 is 6.09 Å². The largest absolute Gasteiger partial charge is 0.489 e. The predicted octanol–water partition coefficient (Wildman–Crippen LogP) is 6.23. The third-order valence-corrected chi connectivity index (χ3v) is 13.6. The van der Waals surface area contributed by atoms with Gasteiger partial charge in [-0.15, -0.1) is 0 Å². The van der Waals surface area contributed by atoms with Crippen LogP contribution in [-0.4, -0.2) is 91.4 Å². The maximum absolute atomic E-state index is 13.9. The molecule has 1 atom stereocenters. The number of pyridine rings is 1. The van der Waals surface area contributed by atoms with E-state index in [1.54, 1.807) is 61.5 Å². The smallest absolute Gasteiger partial charge is 0.410 e. The minimum Gasteiger partial charge on any atom is -0.489 e. The van der Waals surface area contributed by atoms with Gasteiger partial charge in [0.2, 0.25) is 0 Å². The number of fused-ring (bicyclic) bond motifs is 1. The van der Waals surface area contributed by atoms with E-state index in [0.717, 1.165) is 61.3 Å². The predicted molar refractivity (Wildman–Crippen MR) is 209 cm³/mol. The maximum atomic E-state index is 13.9. The van der Waals surface area contributed by atoms with Gasteiger partial charge in [0.05, 0.1) is 15.5 Å². The molecule has 1 saturated heterocycles. The Hall–Kier alpha value is -4.14. The monoisotopic (exact) mass is 780 g/mol. The Morgan fingerprint density at radius 2 is 1.57 bits per heavy atom. The molecule has 54 heavy (non-hydrogen) atoms. The first-order chi connectivity index (χ1) is 25.5. The van der Waals surface area contributed by atoms with Crippen LogP contribution in [0.5, 0.6) is 5.75 Å². The molecule has 3 heterocycles. The summed E-state index contributed by atoms with van der Waals surface area (Å²) in [6, 6.07) is 12.9. The van der Waals surface area contributed by atoms with Crippen LogP contribution in [0.2, 0.25) is 0 Å². The van der Waals surface area contributed by atoms with E-state index >= 15 is 0 Å². The highest BCUT2D eigenvalue weighted by atomic mass is 32.2. The second-order valence-corrected chi connectivity index (χ2v) is 19.6. The lowest BCUT2D eigenvalue weighted by Crippen LogP contribution is -2.50. The van der Waals surface area contributed by atoms with Gasteiger partial charge in [0, 0.05) is 62.1 Å². The fourth-order valence-electron chi connectivity index (χ4n) is 6.93. The highest BCUT2D eigenvalue weighted by Gasteiger charge is 2.34. The number of ether oxygens (including phenoxy) is 2. The van der Waals surface area contributed by atoms with E-state index < -0.39 is 31.0 Å². The average Bonchev–Trinajstić information content (AvgIpc) is 3.87. The molecule has 14 heteroatoms. The van der Waals surface area contributed by atoms with Gasteiger partial charge in [0.1, 0.15) is 23.0 Å². The zero-order valence-electron chi connectivity index (χ0n) is 32.1. The number of carbonyl (C=O) groups is 1. The van der Waals surface area contributed by atoms with Crippen molar-refractivity contribution in [1.29, 1.82) is 0 Å². The standard InChI is InChI=1S/C40H52N4O8S2/c1-7-53(47,48)31-17-18-36(51-35(29-13-14-29)10-8-9-20-42-22-24-43(25-23-42)39(46)52-40(3,4)5)33(26-31)34-27-41(6)38(45)37-32(34)19-21-44(37)54(49,50)30-15-11-28(2)12-16-30/h11-12,15-19,21,26-27,29,35H,7-10,13-14,20,22-25H2,1-6H3. The van der Waals surface area contributed by atoms with Crippen LogP contribution in [0.1, 0.15) is 65.4 Å². The Morgan fingerprint density at radius 1 is 0.907 bits per heavy atom. The molecular weight excluding hydrogens is 729 g/mol. The zero-order chi connectivity index (χ0) is 39.0. The average molecular weight is 781 g/mol. The van der Waals surface area contributed by atoms with Crippen molar-refractivity contribution in [2.75, 3.05) is 38.5 Å². The summed E-state index contributed by atoms with van der Waals surface area (Å²) in [5.74, 6) is 0.755. The number of nitrogens with zero attached hydrogens (tertiary/aromatic N) is 4. The quantitative estimate of drug-likeness (QED) is 0.145. The molecule has 2 aliphatic rings. The van der Waals surface area contributed by atoms with Gasteiger partial charge in [-0.1, -0.05) is 24.6 Å². The summed E-state index contributed by atoms with van der Waals surface area (Å²) in [5, 5.41) is 0.374. The van der Waals surface area contributed by atoms with E-state index in [4.69, 9.17) is 9.47 Å². The normalized spacial score (nSPS) is 16.4.